The molecule has 0 heterocycles. The molecule has 0 saturated heterocycles. The Hall–Kier alpha value is -6.05. The Bertz CT molecular complexity index is 2810. The lowest BCUT2D eigenvalue weighted by molar-refractivity contribution is 0.682. The highest BCUT2D eigenvalue weighted by Gasteiger charge is 2.32. The first-order valence-corrected chi connectivity index (χ1v) is 22.9. The molecule has 1 heteroatoms. The van der Waals surface area contributed by atoms with Gasteiger partial charge in [0.25, 0.3) is 0 Å². The van der Waals surface area contributed by atoms with Gasteiger partial charge in [-0.05, 0) is 179 Å². The van der Waals surface area contributed by atoms with E-state index < -0.39 is 0 Å². The molecule has 0 radical (unpaired) electrons. The first-order valence-electron chi connectivity index (χ1n) is 22.9. The van der Waals surface area contributed by atoms with Crippen LogP contribution >= 0.6 is 0 Å². The van der Waals surface area contributed by atoms with Gasteiger partial charge in [-0.15, -0.1) is 0 Å². The molecule has 7 aliphatic rings. The predicted octanol–water partition coefficient (Wildman–Crippen LogP) is 15.6. The number of fused-ring (bicyclic) bond motifs is 2. The summed E-state index contributed by atoms with van der Waals surface area (Å²) in [6.07, 6.45) is 32.0. The van der Waals surface area contributed by atoms with Crippen molar-refractivity contribution in [1.29, 1.82) is 0 Å². The van der Waals surface area contributed by atoms with Crippen LogP contribution in [0.4, 0.5) is 0 Å². The molecule has 0 amide bonds. The van der Waals surface area contributed by atoms with Crippen LogP contribution in [0.15, 0.2) is 207 Å². The van der Waals surface area contributed by atoms with Crippen molar-refractivity contribution in [1.82, 2.24) is 0 Å². The van der Waals surface area contributed by atoms with Gasteiger partial charge in [-0.1, -0.05) is 157 Å². The summed E-state index contributed by atoms with van der Waals surface area (Å²) in [5, 5.41) is 0. The second kappa shape index (κ2) is 15.8. The molecular formula is C60H55N. The van der Waals surface area contributed by atoms with E-state index >= 15 is 0 Å². The third-order valence-electron chi connectivity index (χ3n) is 14.8. The molecule has 4 aromatic rings. The second-order valence-electron chi connectivity index (χ2n) is 18.3. The number of hydrogen-bond acceptors (Lipinski definition) is 1. The first kappa shape index (κ1) is 37.9. The van der Waals surface area contributed by atoms with Crippen LogP contribution in [0.3, 0.4) is 0 Å². The molecule has 0 N–H and O–H groups in total. The SMILES string of the molecule is CC(=NC1C(C)=C(c2ccc(C3CC=CC4=C3CC3=C4CCC=C3)cc2)C=CC1c1ccc(C2=CCCC3=C2CC2=C3CCC=C2)cc1)c1ccc(-c2ccccc2C)cc1. The molecule has 61 heavy (non-hydrogen) atoms. The second-order valence-corrected chi connectivity index (χ2v) is 18.3. The summed E-state index contributed by atoms with van der Waals surface area (Å²) in [7, 11) is 0. The average molecular weight is 790 g/mol. The molecule has 0 fully saturated rings. The number of aryl methyl sites for hydroxylation is 1. The Balaban J connectivity index is 0.908. The zero-order valence-corrected chi connectivity index (χ0v) is 36.0. The van der Waals surface area contributed by atoms with Crippen LogP contribution in [0.5, 0.6) is 0 Å². The van der Waals surface area contributed by atoms with Gasteiger partial charge in [0.05, 0.1) is 6.04 Å². The molecule has 11 rings (SSSR count). The largest absolute Gasteiger partial charge is 0.281 e. The van der Waals surface area contributed by atoms with Crippen molar-refractivity contribution in [2.24, 2.45) is 4.99 Å². The standard InChI is InChI=1S/C60H55N/c1-38-12-4-7-15-49(38)42-24-22-41(23-25-42)40(3)61-60-39(2)50(43-26-28-44(29-27-43)51-18-10-20-56-53-16-8-5-13-47(53)36-58(51)56)34-35-55(60)46-32-30-45(31-33-46)52-19-11-21-57-54-17-9-6-14-48(54)37-59(52)57/h4-7,10,12-15,19-20,22-35,51,55,60H,8-9,11,16-18,21,36-37H2,1-3H3. The van der Waals surface area contributed by atoms with E-state index in [1.54, 1.807) is 39.0 Å². The summed E-state index contributed by atoms with van der Waals surface area (Å²) in [6.45, 7) is 6.71. The van der Waals surface area contributed by atoms with Crippen LogP contribution in [0.2, 0.25) is 0 Å². The third-order valence-corrected chi connectivity index (χ3v) is 14.8. The summed E-state index contributed by atoms with van der Waals surface area (Å²) in [5.74, 6) is 0.585. The molecule has 4 aromatic carbocycles. The van der Waals surface area contributed by atoms with Crippen molar-refractivity contribution < 1.29 is 0 Å². The highest BCUT2D eigenvalue weighted by molar-refractivity contribution is 5.99. The molecule has 1 nitrogen and oxygen atoms in total. The molecule has 0 bridgehead atoms. The fourth-order valence-electron chi connectivity index (χ4n) is 11.6. The van der Waals surface area contributed by atoms with Crippen LogP contribution in [0, 0.1) is 6.92 Å². The normalized spacial score (nSPS) is 23.2. The van der Waals surface area contributed by atoms with E-state index in [0.29, 0.717) is 5.92 Å². The van der Waals surface area contributed by atoms with E-state index in [1.807, 2.05) is 0 Å². The van der Waals surface area contributed by atoms with Crippen LogP contribution in [0.1, 0.15) is 117 Å². The predicted molar refractivity (Wildman–Crippen MR) is 258 cm³/mol. The number of nitrogens with zero attached hydrogens (tertiary/aromatic N) is 1. The molecular weight excluding hydrogens is 735 g/mol. The van der Waals surface area contributed by atoms with Crippen molar-refractivity contribution in [3.05, 3.63) is 235 Å². The third kappa shape index (κ3) is 6.84. The minimum absolute atomic E-state index is 0.0255. The lowest BCUT2D eigenvalue weighted by Gasteiger charge is -2.30. The number of benzene rings is 4. The first-order chi connectivity index (χ1) is 30.0. The molecule has 3 unspecified atom stereocenters. The van der Waals surface area contributed by atoms with Gasteiger partial charge in [0, 0.05) is 17.5 Å². The maximum atomic E-state index is 5.65. The Labute approximate surface area is 363 Å². The summed E-state index contributed by atoms with van der Waals surface area (Å²) in [4.78, 5) is 5.65. The van der Waals surface area contributed by atoms with Crippen molar-refractivity contribution in [2.45, 2.75) is 96.4 Å². The minimum Gasteiger partial charge on any atom is -0.281 e. The maximum Gasteiger partial charge on any atom is 0.0821 e. The Morgan fingerprint density at radius 2 is 1.26 bits per heavy atom. The highest BCUT2D eigenvalue weighted by atomic mass is 14.8. The smallest absolute Gasteiger partial charge is 0.0821 e. The van der Waals surface area contributed by atoms with Crippen molar-refractivity contribution >= 4 is 16.9 Å². The zero-order chi connectivity index (χ0) is 41.0. The Kier molecular flexibility index (Phi) is 9.80. The summed E-state index contributed by atoms with van der Waals surface area (Å²) < 4.78 is 0. The van der Waals surface area contributed by atoms with E-state index in [1.165, 1.54) is 92.5 Å². The lowest BCUT2D eigenvalue weighted by Crippen LogP contribution is -2.22. The van der Waals surface area contributed by atoms with E-state index in [4.69, 9.17) is 4.99 Å². The fraction of sp³-hybridized carbons (Fsp3) is 0.250. The van der Waals surface area contributed by atoms with Gasteiger partial charge in [-0.2, -0.15) is 0 Å². The minimum atomic E-state index is -0.0255. The van der Waals surface area contributed by atoms with Gasteiger partial charge in [-0.25, -0.2) is 0 Å². The number of rotatable bonds is 7. The Morgan fingerprint density at radius 1 is 0.574 bits per heavy atom. The van der Waals surface area contributed by atoms with Gasteiger partial charge in [-0.3, -0.25) is 4.99 Å². The number of hydrogen-bond donors (Lipinski definition) is 0. The topological polar surface area (TPSA) is 12.4 Å². The molecule has 0 saturated carbocycles. The fourth-order valence-corrected chi connectivity index (χ4v) is 11.6. The Morgan fingerprint density at radius 3 is 2.05 bits per heavy atom. The van der Waals surface area contributed by atoms with Gasteiger partial charge in [0.2, 0.25) is 0 Å². The molecule has 7 aliphatic carbocycles. The summed E-state index contributed by atoms with van der Waals surface area (Å²) in [6, 6.07) is 36.7. The van der Waals surface area contributed by atoms with E-state index in [-0.39, 0.29) is 12.0 Å². The molecule has 0 spiro atoms. The molecule has 3 atom stereocenters. The van der Waals surface area contributed by atoms with Crippen LogP contribution in [-0.2, 0) is 0 Å². The lowest BCUT2D eigenvalue weighted by atomic mass is 9.78. The maximum absolute atomic E-state index is 5.65. The summed E-state index contributed by atoms with van der Waals surface area (Å²) in [5.41, 5.74) is 28.2. The van der Waals surface area contributed by atoms with E-state index in [2.05, 4.69) is 173 Å². The molecule has 300 valence electrons. The number of aliphatic imine (C=N–C) groups is 1. The average Bonchev–Trinajstić information content (AvgIpc) is 3.89. The highest BCUT2D eigenvalue weighted by Crippen LogP contribution is 2.50. The van der Waals surface area contributed by atoms with Crippen LogP contribution in [0.25, 0.3) is 22.3 Å². The quantitative estimate of drug-likeness (QED) is 0.165. The number of allylic oxidation sites excluding steroid dienone is 18. The van der Waals surface area contributed by atoms with Crippen molar-refractivity contribution in [3.8, 4) is 11.1 Å². The van der Waals surface area contributed by atoms with E-state index in [0.717, 1.165) is 37.8 Å². The summed E-state index contributed by atoms with van der Waals surface area (Å²) >= 11 is 0. The van der Waals surface area contributed by atoms with Crippen molar-refractivity contribution in [3.63, 3.8) is 0 Å². The van der Waals surface area contributed by atoms with E-state index in [9.17, 15) is 0 Å². The van der Waals surface area contributed by atoms with Crippen LogP contribution in [-0.4, -0.2) is 11.8 Å². The molecule has 0 aromatic heterocycles. The zero-order valence-electron chi connectivity index (χ0n) is 36.0. The van der Waals surface area contributed by atoms with Gasteiger partial charge >= 0.3 is 0 Å². The van der Waals surface area contributed by atoms with Gasteiger partial charge < -0.3 is 0 Å². The van der Waals surface area contributed by atoms with Crippen LogP contribution < -0.4 is 0 Å². The molecule has 0 aliphatic heterocycles. The van der Waals surface area contributed by atoms with Gasteiger partial charge in [0.1, 0.15) is 0 Å². The van der Waals surface area contributed by atoms with Crippen molar-refractivity contribution in [2.75, 3.05) is 0 Å². The monoisotopic (exact) mass is 789 g/mol. The van der Waals surface area contributed by atoms with Gasteiger partial charge in [0.15, 0.2) is 0 Å².